The van der Waals surface area contributed by atoms with Gasteiger partial charge < -0.3 is 19.6 Å². The van der Waals surface area contributed by atoms with Gasteiger partial charge in [-0.05, 0) is 24.3 Å². The number of cyclic esters (lactones) is 1. The van der Waals surface area contributed by atoms with Crippen LogP contribution in [0.15, 0.2) is 42.6 Å². The minimum absolute atomic E-state index is 0.233. The summed E-state index contributed by atoms with van der Waals surface area (Å²) < 4.78 is 44.7. The van der Waals surface area contributed by atoms with Crippen LogP contribution in [-0.2, 0) is 10.9 Å². The van der Waals surface area contributed by atoms with E-state index in [1.165, 1.54) is 34.2 Å². The second-order valence-corrected chi connectivity index (χ2v) is 7.50. The number of halogens is 3. The third-order valence-corrected chi connectivity index (χ3v) is 5.48. The minimum atomic E-state index is -4.60. The maximum absolute atomic E-state index is 13.2. The van der Waals surface area contributed by atoms with Crippen molar-refractivity contribution in [1.29, 1.82) is 0 Å². The number of piperazine rings is 1. The molecule has 1 aromatic carbocycles. The number of hydrogen-bond donors (Lipinski definition) is 1. The van der Waals surface area contributed by atoms with E-state index in [0.29, 0.717) is 24.6 Å². The van der Waals surface area contributed by atoms with Crippen LogP contribution in [0.3, 0.4) is 0 Å². The number of aromatic nitrogens is 1. The SMILES string of the molecule is O=C(c1ccccc1C(F)(F)F)N1CCN(c2ccc(N3C[C@@H](CO)OC3=O)cn2)CC1. The van der Waals surface area contributed by atoms with Crippen molar-refractivity contribution in [2.45, 2.75) is 12.3 Å². The topological polar surface area (TPSA) is 86.2 Å². The van der Waals surface area contributed by atoms with E-state index in [2.05, 4.69) is 4.98 Å². The Kier molecular flexibility index (Phi) is 5.92. The number of ether oxygens (including phenoxy) is 1. The summed E-state index contributed by atoms with van der Waals surface area (Å²) in [4.78, 5) is 33.7. The summed E-state index contributed by atoms with van der Waals surface area (Å²) in [5, 5.41) is 9.14. The summed E-state index contributed by atoms with van der Waals surface area (Å²) in [6.45, 7) is 1.30. The monoisotopic (exact) mass is 450 g/mol. The lowest BCUT2D eigenvalue weighted by molar-refractivity contribution is -0.138. The molecule has 0 unspecified atom stereocenters. The zero-order valence-electron chi connectivity index (χ0n) is 17.0. The van der Waals surface area contributed by atoms with Gasteiger partial charge in [0.1, 0.15) is 11.9 Å². The van der Waals surface area contributed by atoms with Crippen molar-refractivity contribution in [2.75, 3.05) is 49.1 Å². The second kappa shape index (κ2) is 8.65. The highest BCUT2D eigenvalue weighted by Gasteiger charge is 2.36. The van der Waals surface area contributed by atoms with Gasteiger partial charge in [0.15, 0.2) is 0 Å². The normalized spacial score (nSPS) is 19.3. The lowest BCUT2D eigenvalue weighted by Gasteiger charge is -2.35. The third-order valence-electron chi connectivity index (χ3n) is 5.48. The Labute approximate surface area is 181 Å². The molecule has 2 fully saturated rings. The van der Waals surface area contributed by atoms with E-state index in [0.717, 1.165) is 6.07 Å². The van der Waals surface area contributed by atoms with Gasteiger partial charge in [0, 0.05) is 26.2 Å². The minimum Gasteiger partial charge on any atom is -0.441 e. The fourth-order valence-electron chi connectivity index (χ4n) is 3.78. The summed E-state index contributed by atoms with van der Waals surface area (Å²) in [6, 6.07) is 8.23. The largest absolute Gasteiger partial charge is 0.441 e. The first kappa shape index (κ1) is 21.9. The van der Waals surface area contributed by atoms with Crippen LogP contribution in [0, 0.1) is 0 Å². The van der Waals surface area contributed by atoms with Gasteiger partial charge >= 0.3 is 12.3 Å². The zero-order chi connectivity index (χ0) is 22.9. The van der Waals surface area contributed by atoms with Crippen molar-refractivity contribution in [2.24, 2.45) is 0 Å². The van der Waals surface area contributed by atoms with E-state index in [1.807, 2.05) is 4.90 Å². The lowest BCUT2D eigenvalue weighted by Crippen LogP contribution is -2.49. The maximum atomic E-state index is 13.2. The predicted molar refractivity (Wildman–Crippen MR) is 108 cm³/mol. The molecule has 1 aromatic heterocycles. The number of rotatable bonds is 4. The quantitative estimate of drug-likeness (QED) is 0.770. The molecule has 11 heteroatoms. The molecule has 32 heavy (non-hydrogen) atoms. The first-order valence-corrected chi connectivity index (χ1v) is 10.0. The smallest absolute Gasteiger partial charge is 0.417 e. The van der Waals surface area contributed by atoms with Crippen molar-refractivity contribution >= 4 is 23.5 Å². The fourth-order valence-corrected chi connectivity index (χ4v) is 3.78. The Morgan fingerprint density at radius 1 is 1.12 bits per heavy atom. The molecule has 2 aromatic rings. The molecular weight excluding hydrogens is 429 g/mol. The average Bonchev–Trinajstić information content (AvgIpc) is 3.19. The average molecular weight is 450 g/mol. The molecule has 1 atom stereocenters. The van der Waals surface area contributed by atoms with Gasteiger partial charge in [-0.25, -0.2) is 9.78 Å². The highest BCUT2D eigenvalue weighted by molar-refractivity contribution is 5.96. The standard InChI is InChI=1S/C21H21F3N4O4/c22-21(23,24)17-4-2-1-3-16(17)19(30)27-9-7-26(8-10-27)18-6-5-14(11-25-18)28-12-15(13-29)32-20(28)31/h1-6,11,15,29H,7-10,12-13H2/t15-/m0/s1. The Bertz CT molecular complexity index is 991. The summed E-state index contributed by atoms with van der Waals surface area (Å²) in [7, 11) is 0. The molecular formula is C21H21F3N4O4. The van der Waals surface area contributed by atoms with E-state index >= 15 is 0 Å². The number of carbonyl (C=O) groups is 2. The fraction of sp³-hybridized carbons (Fsp3) is 0.381. The number of aliphatic hydroxyl groups excluding tert-OH is 1. The van der Waals surface area contributed by atoms with Crippen LogP contribution in [0.25, 0.3) is 0 Å². The van der Waals surface area contributed by atoms with Gasteiger partial charge in [0.2, 0.25) is 0 Å². The summed E-state index contributed by atoms with van der Waals surface area (Å²) >= 11 is 0. The Morgan fingerprint density at radius 3 is 2.44 bits per heavy atom. The highest BCUT2D eigenvalue weighted by Crippen LogP contribution is 2.32. The van der Waals surface area contributed by atoms with Crippen molar-refractivity contribution < 1.29 is 32.6 Å². The zero-order valence-corrected chi connectivity index (χ0v) is 17.0. The molecule has 2 amide bonds. The molecule has 0 aliphatic carbocycles. The summed E-state index contributed by atoms with van der Waals surface area (Å²) in [5.74, 6) is -0.0188. The van der Waals surface area contributed by atoms with Gasteiger partial charge in [0.05, 0.1) is 36.2 Å². The molecule has 0 saturated carbocycles. The first-order valence-electron chi connectivity index (χ1n) is 10.0. The van der Waals surface area contributed by atoms with Crippen LogP contribution in [-0.4, -0.2) is 72.4 Å². The van der Waals surface area contributed by atoms with Gasteiger partial charge in [-0.1, -0.05) is 12.1 Å². The Hall–Kier alpha value is -3.34. The van der Waals surface area contributed by atoms with Crippen LogP contribution in [0.1, 0.15) is 15.9 Å². The van der Waals surface area contributed by atoms with Gasteiger partial charge in [-0.15, -0.1) is 0 Å². The van der Waals surface area contributed by atoms with Gasteiger partial charge in [-0.2, -0.15) is 13.2 Å². The molecule has 2 saturated heterocycles. The van der Waals surface area contributed by atoms with E-state index in [4.69, 9.17) is 9.84 Å². The number of anilines is 2. The van der Waals surface area contributed by atoms with E-state index < -0.39 is 29.8 Å². The van der Waals surface area contributed by atoms with Crippen LogP contribution in [0.4, 0.5) is 29.5 Å². The molecule has 3 heterocycles. The van der Waals surface area contributed by atoms with Gasteiger partial charge in [0.25, 0.3) is 5.91 Å². The third kappa shape index (κ3) is 4.33. The highest BCUT2D eigenvalue weighted by atomic mass is 19.4. The number of amides is 2. The van der Waals surface area contributed by atoms with Crippen molar-refractivity contribution in [3.05, 3.63) is 53.7 Å². The molecule has 0 bridgehead atoms. The number of carbonyl (C=O) groups excluding carboxylic acids is 2. The van der Waals surface area contributed by atoms with E-state index in [9.17, 15) is 22.8 Å². The molecule has 170 valence electrons. The van der Waals surface area contributed by atoms with Crippen molar-refractivity contribution in [1.82, 2.24) is 9.88 Å². The van der Waals surface area contributed by atoms with Crippen LogP contribution in [0.5, 0.6) is 0 Å². The molecule has 8 nitrogen and oxygen atoms in total. The first-order chi connectivity index (χ1) is 15.3. The van der Waals surface area contributed by atoms with Gasteiger partial charge in [-0.3, -0.25) is 9.69 Å². The number of alkyl halides is 3. The van der Waals surface area contributed by atoms with Crippen molar-refractivity contribution in [3.63, 3.8) is 0 Å². The second-order valence-electron chi connectivity index (χ2n) is 7.50. The molecule has 2 aliphatic rings. The number of hydrogen-bond acceptors (Lipinski definition) is 6. The number of aliphatic hydroxyl groups is 1. The number of pyridine rings is 1. The van der Waals surface area contributed by atoms with E-state index in [-0.39, 0.29) is 31.8 Å². The van der Waals surface area contributed by atoms with Crippen LogP contribution >= 0.6 is 0 Å². The molecule has 0 radical (unpaired) electrons. The summed E-state index contributed by atoms with van der Waals surface area (Å²) in [5.41, 5.74) is -0.754. The molecule has 2 aliphatic heterocycles. The Balaban J connectivity index is 1.39. The van der Waals surface area contributed by atoms with Crippen LogP contribution < -0.4 is 9.80 Å². The summed E-state index contributed by atoms with van der Waals surface area (Å²) in [6.07, 6.45) is -4.20. The molecule has 1 N–H and O–H groups in total. The predicted octanol–water partition coefficient (Wildman–Crippen LogP) is 2.38. The van der Waals surface area contributed by atoms with Crippen molar-refractivity contribution in [3.8, 4) is 0 Å². The van der Waals surface area contributed by atoms with E-state index in [1.54, 1.807) is 12.1 Å². The Morgan fingerprint density at radius 2 is 1.84 bits per heavy atom. The molecule has 0 spiro atoms. The maximum Gasteiger partial charge on any atom is 0.417 e. The number of benzene rings is 1. The number of nitrogens with zero attached hydrogens (tertiary/aromatic N) is 4. The lowest BCUT2D eigenvalue weighted by atomic mass is 10.1. The molecule has 4 rings (SSSR count). The van der Waals surface area contributed by atoms with Crippen LogP contribution in [0.2, 0.25) is 0 Å².